The smallest absolute Gasteiger partial charge is 0.236 e. The van der Waals surface area contributed by atoms with Crippen LogP contribution in [-0.4, -0.2) is 54.4 Å². The van der Waals surface area contributed by atoms with E-state index < -0.39 is 0 Å². The molecule has 1 aromatic carbocycles. The van der Waals surface area contributed by atoms with E-state index in [9.17, 15) is 14.0 Å². The number of amides is 2. The Morgan fingerprint density at radius 1 is 1.33 bits per heavy atom. The van der Waals surface area contributed by atoms with E-state index in [4.69, 9.17) is 10.5 Å². The second kappa shape index (κ2) is 7.17. The maximum atomic E-state index is 14.0. The van der Waals surface area contributed by atoms with E-state index in [1.54, 1.807) is 17.0 Å². The third kappa shape index (κ3) is 3.67. The fourth-order valence-corrected chi connectivity index (χ4v) is 3.28. The van der Waals surface area contributed by atoms with E-state index >= 15 is 0 Å². The molecule has 2 heterocycles. The van der Waals surface area contributed by atoms with Gasteiger partial charge >= 0.3 is 0 Å². The van der Waals surface area contributed by atoms with E-state index in [1.807, 2.05) is 4.90 Å². The van der Waals surface area contributed by atoms with Crippen molar-refractivity contribution in [2.45, 2.75) is 19.4 Å². The summed E-state index contributed by atoms with van der Waals surface area (Å²) in [5.74, 6) is -0.462. The Labute approximate surface area is 140 Å². The van der Waals surface area contributed by atoms with E-state index in [0.717, 1.165) is 12.8 Å². The van der Waals surface area contributed by atoms with Crippen LogP contribution in [0.2, 0.25) is 0 Å². The lowest BCUT2D eigenvalue weighted by Crippen LogP contribution is -2.47. The summed E-state index contributed by atoms with van der Waals surface area (Å²) in [6.07, 6.45) is 1.51. The van der Waals surface area contributed by atoms with Gasteiger partial charge in [0.15, 0.2) is 0 Å². The first-order chi connectivity index (χ1) is 11.5. The van der Waals surface area contributed by atoms with Crippen molar-refractivity contribution < 1.29 is 18.7 Å². The predicted molar refractivity (Wildman–Crippen MR) is 85.7 cm³/mol. The van der Waals surface area contributed by atoms with Crippen LogP contribution >= 0.6 is 0 Å². The Balaban J connectivity index is 1.64. The first kappa shape index (κ1) is 16.7. The number of primary amides is 1. The number of ether oxygens (including phenoxy) is 1. The molecule has 0 radical (unpaired) electrons. The first-order valence-electron chi connectivity index (χ1n) is 8.24. The van der Waals surface area contributed by atoms with E-state index in [1.165, 1.54) is 6.07 Å². The Bertz CT molecular complexity index is 638. The van der Waals surface area contributed by atoms with Gasteiger partial charge in [0.05, 0.1) is 12.5 Å². The van der Waals surface area contributed by atoms with Gasteiger partial charge in [-0.2, -0.15) is 0 Å². The molecular weight excluding hydrogens is 313 g/mol. The lowest BCUT2D eigenvalue weighted by atomic mass is 9.97. The highest BCUT2D eigenvalue weighted by atomic mass is 19.1. The van der Waals surface area contributed by atoms with Crippen LogP contribution in [0.5, 0.6) is 5.75 Å². The quantitative estimate of drug-likeness (QED) is 0.884. The average Bonchev–Trinajstić information content (AvgIpc) is 2.78. The highest BCUT2D eigenvalue weighted by Gasteiger charge is 2.28. The summed E-state index contributed by atoms with van der Waals surface area (Å²) in [7, 11) is 0. The zero-order valence-electron chi connectivity index (χ0n) is 13.5. The van der Waals surface area contributed by atoms with Gasteiger partial charge in [0.1, 0.15) is 18.2 Å². The Morgan fingerprint density at radius 3 is 2.96 bits per heavy atom. The SMILES string of the molecule is NC(=O)C1CCCN(C(=O)CN2CCOc3cccc(F)c3C2)C1. The van der Waals surface area contributed by atoms with Crippen LogP contribution in [0, 0.1) is 11.7 Å². The van der Waals surface area contributed by atoms with E-state index in [2.05, 4.69) is 0 Å². The Hall–Kier alpha value is -2.15. The molecular formula is C17H22FN3O3. The van der Waals surface area contributed by atoms with Gasteiger partial charge < -0.3 is 15.4 Å². The predicted octanol–water partition coefficient (Wildman–Crippen LogP) is 0.744. The summed E-state index contributed by atoms with van der Waals surface area (Å²) < 4.78 is 19.6. The maximum Gasteiger partial charge on any atom is 0.236 e. The Kier molecular flexibility index (Phi) is 4.99. The van der Waals surface area contributed by atoms with Gasteiger partial charge in [0, 0.05) is 31.7 Å². The number of halogens is 1. The maximum absolute atomic E-state index is 14.0. The molecule has 2 aliphatic heterocycles. The summed E-state index contributed by atoms with van der Waals surface area (Å²) in [6, 6.07) is 4.76. The van der Waals surface area contributed by atoms with Crippen LogP contribution in [0.4, 0.5) is 4.39 Å². The second-order valence-corrected chi connectivity index (χ2v) is 6.36. The third-order valence-corrected chi connectivity index (χ3v) is 4.66. The summed E-state index contributed by atoms with van der Waals surface area (Å²) >= 11 is 0. The van der Waals surface area contributed by atoms with E-state index in [-0.39, 0.29) is 30.1 Å². The first-order valence-corrected chi connectivity index (χ1v) is 8.24. The topological polar surface area (TPSA) is 75.9 Å². The van der Waals surface area contributed by atoms with Crippen LogP contribution in [-0.2, 0) is 16.1 Å². The summed E-state index contributed by atoms with van der Waals surface area (Å²) in [6.45, 7) is 2.49. The standard InChI is InChI=1S/C17H22FN3O3/c18-14-4-1-5-15-13(14)10-20(7-8-24-15)11-16(22)21-6-2-3-12(9-21)17(19)23/h1,4-5,12H,2-3,6-11H2,(H2,19,23). The van der Waals surface area contributed by atoms with Gasteiger partial charge in [0.2, 0.25) is 11.8 Å². The highest BCUT2D eigenvalue weighted by Crippen LogP contribution is 2.25. The molecule has 24 heavy (non-hydrogen) atoms. The molecule has 6 nitrogen and oxygen atoms in total. The number of carbonyl (C=O) groups excluding carboxylic acids is 2. The minimum Gasteiger partial charge on any atom is -0.492 e. The minimum absolute atomic E-state index is 0.0549. The van der Waals surface area contributed by atoms with Crippen LogP contribution in [0.1, 0.15) is 18.4 Å². The number of nitrogens with two attached hydrogens (primary N) is 1. The molecule has 0 aliphatic carbocycles. The van der Waals surface area contributed by atoms with Gasteiger partial charge in [-0.25, -0.2) is 4.39 Å². The second-order valence-electron chi connectivity index (χ2n) is 6.36. The monoisotopic (exact) mass is 335 g/mol. The fourth-order valence-electron chi connectivity index (χ4n) is 3.28. The Morgan fingerprint density at radius 2 is 2.17 bits per heavy atom. The summed E-state index contributed by atoms with van der Waals surface area (Å²) in [5.41, 5.74) is 5.84. The minimum atomic E-state index is -0.355. The molecule has 1 fully saturated rings. The lowest BCUT2D eigenvalue weighted by molar-refractivity contribution is -0.136. The zero-order chi connectivity index (χ0) is 17.1. The molecule has 1 unspecified atom stereocenters. The third-order valence-electron chi connectivity index (χ3n) is 4.66. The molecule has 1 aromatic rings. The molecule has 1 atom stereocenters. The number of benzene rings is 1. The van der Waals surface area contributed by atoms with Gasteiger partial charge in [-0.15, -0.1) is 0 Å². The normalized spacial score (nSPS) is 21.5. The summed E-state index contributed by atoms with van der Waals surface area (Å²) in [5, 5.41) is 0. The molecule has 2 amide bonds. The van der Waals surface area contributed by atoms with Crippen molar-refractivity contribution in [3.8, 4) is 5.75 Å². The molecule has 0 spiro atoms. The van der Waals surface area contributed by atoms with Crippen LogP contribution in [0.3, 0.4) is 0 Å². The molecule has 0 aromatic heterocycles. The molecule has 3 rings (SSSR count). The van der Waals surface area contributed by atoms with Gasteiger partial charge in [-0.1, -0.05) is 6.07 Å². The number of nitrogens with zero attached hydrogens (tertiary/aromatic N) is 2. The number of fused-ring (bicyclic) bond motifs is 1. The van der Waals surface area contributed by atoms with Crippen molar-refractivity contribution in [3.05, 3.63) is 29.6 Å². The zero-order valence-corrected chi connectivity index (χ0v) is 13.5. The van der Waals surface area contributed by atoms with Crippen molar-refractivity contribution in [1.82, 2.24) is 9.80 Å². The van der Waals surface area contributed by atoms with Gasteiger partial charge in [-0.05, 0) is 25.0 Å². The van der Waals surface area contributed by atoms with Gasteiger partial charge in [-0.3, -0.25) is 14.5 Å². The van der Waals surface area contributed by atoms with Crippen molar-refractivity contribution >= 4 is 11.8 Å². The molecule has 1 saturated heterocycles. The van der Waals surface area contributed by atoms with Crippen LogP contribution in [0.25, 0.3) is 0 Å². The van der Waals surface area contributed by atoms with Crippen LogP contribution < -0.4 is 10.5 Å². The number of hydrogen-bond donors (Lipinski definition) is 1. The largest absolute Gasteiger partial charge is 0.492 e. The lowest BCUT2D eigenvalue weighted by Gasteiger charge is -2.32. The number of hydrogen-bond acceptors (Lipinski definition) is 4. The summed E-state index contributed by atoms with van der Waals surface area (Å²) in [4.78, 5) is 27.5. The molecule has 2 aliphatic rings. The molecule has 0 saturated carbocycles. The molecule has 7 heteroatoms. The molecule has 0 bridgehead atoms. The highest BCUT2D eigenvalue weighted by molar-refractivity contribution is 5.81. The van der Waals surface area contributed by atoms with Crippen molar-refractivity contribution in [2.75, 3.05) is 32.8 Å². The van der Waals surface area contributed by atoms with Gasteiger partial charge in [0.25, 0.3) is 0 Å². The number of rotatable bonds is 3. The molecule has 130 valence electrons. The van der Waals surface area contributed by atoms with E-state index in [0.29, 0.717) is 44.1 Å². The van der Waals surface area contributed by atoms with Crippen molar-refractivity contribution in [1.29, 1.82) is 0 Å². The fraction of sp³-hybridized carbons (Fsp3) is 0.529. The van der Waals surface area contributed by atoms with Crippen LogP contribution in [0.15, 0.2) is 18.2 Å². The van der Waals surface area contributed by atoms with Crippen molar-refractivity contribution in [2.24, 2.45) is 11.7 Å². The molecule has 2 N–H and O–H groups in total. The number of likely N-dealkylation sites (tertiary alicyclic amines) is 1. The average molecular weight is 335 g/mol. The van der Waals surface area contributed by atoms with Crippen molar-refractivity contribution in [3.63, 3.8) is 0 Å². The number of piperidine rings is 1. The number of carbonyl (C=O) groups is 2.